The number of thiophene rings is 1. The van der Waals surface area contributed by atoms with Gasteiger partial charge in [-0.05, 0) is 65.6 Å². The lowest BCUT2D eigenvalue weighted by Crippen LogP contribution is -2.43. The molecule has 3 amide bonds. The van der Waals surface area contributed by atoms with Crippen molar-refractivity contribution in [3.05, 3.63) is 98.9 Å². The van der Waals surface area contributed by atoms with Crippen molar-refractivity contribution >= 4 is 52.0 Å². The molecule has 8 nitrogen and oxygen atoms in total. The minimum Gasteiger partial charge on any atom is -0.395 e. The first kappa shape index (κ1) is 28.4. The number of anilines is 2. The van der Waals surface area contributed by atoms with Gasteiger partial charge >= 0.3 is 0 Å². The maximum atomic E-state index is 14.2. The number of halogens is 1. The van der Waals surface area contributed by atoms with Crippen molar-refractivity contribution in [1.82, 2.24) is 15.0 Å². The van der Waals surface area contributed by atoms with Crippen molar-refractivity contribution in [2.45, 2.75) is 50.7 Å². The van der Waals surface area contributed by atoms with Crippen LogP contribution in [0.25, 0.3) is 0 Å². The molecule has 1 atom stereocenters. The Morgan fingerprint density at radius 3 is 2.41 bits per heavy atom. The third-order valence-corrected chi connectivity index (χ3v) is 8.81. The Labute approximate surface area is 245 Å². The zero-order chi connectivity index (χ0) is 28.8. The molecule has 212 valence electrons. The summed E-state index contributed by atoms with van der Waals surface area (Å²) in [6.07, 6.45) is 5.02. The number of hydrogen-bond donors (Lipinski definition) is 3. The minimum absolute atomic E-state index is 0.0100. The first-order valence-electron chi connectivity index (χ1n) is 13.4. The topological polar surface area (TPSA) is 117 Å². The molecule has 1 aliphatic carbocycles. The van der Waals surface area contributed by atoms with E-state index in [9.17, 15) is 18.8 Å². The van der Waals surface area contributed by atoms with Crippen LogP contribution in [0.1, 0.15) is 68.7 Å². The highest BCUT2D eigenvalue weighted by molar-refractivity contribution is 7.10. The standard InChI is InChI=1S/C30H30FN5O3S2/c31-20-13-15-22(16-14-20)36(26(23-12-7-17-40-23)29(38)33-18-19-8-3-1-4-9-19)30(39)27-24(32)25(35-41-27)28(37)34-21-10-5-2-6-11-21/h1,3-4,7-9,12-17,21,26H,2,5-6,10-11,18,32H2,(H,33,38)(H,34,37). The van der Waals surface area contributed by atoms with Crippen molar-refractivity contribution in [2.24, 2.45) is 0 Å². The summed E-state index contributed by atoms with van der Waals surface area (Å²) < 4.78 is 18.1. The van der Waals surface area contributed by atoms with Crippen molar-refractivity contribution in [2.75, 3.05) is 10.6 Å². The molecule has 2 aromatic carbocycles. The highest BCUT2D eigenvalue weighted by Gasteiger charge is 2.37. The van der Waals surface area contributed by atoms with Crippen molar-refractivity contribution in [3.8, 4) is 0 Å². The van der Waals surface area contributed by atoms with Gasteiger partial charge in [-0.1, -0.05) is 55.7 Å². The molecule has 0 saturated heterocycles. The Morgan fingerprint density at radius 1 is 1.00 bits per heavy atom. The van der Waals surface area contributed by atoms with Crippen LogP contribution in [0.2, 0.25) is 0 Å². The first-order valence-corrected chi connectivity index (χ1v) is 15.1. The van der Waals surface area contributed by atoms with Gasteiger partial charge in [-0.2, -0.15) is 4.37 Å². The lowest BCUT2D eigenvalue weighted by molar-refractivity contribution is -0.122. The summed E-state index contributed by atoms with van der Waals surface area (Å²) >= 11 is 2.13. The maximum Gasteiger partial charge on any atom is 0.273 e. The summed E-state index contributed by atoms with van der Waals surface area (Å²) in [7, 11) is 0. The van der Waals surface area contributed by atoms with E-state index in [0.29, 0.717) is 10.6 Å². The fraction of sp³-hybridized carbons (Fsp3) is 0.267. The monoisotopic (exact) mass is 591 g/mol. The Kier molecular flexibility index (Phi) is 9.05. The predicted molar refractivity (Wildman–Crippen MR) is 159 cm³/mol. The van der Waals surface area contributed by atoms with E-state index < -0.39 is 29.6 Å². The number of nitrogens with zero attached hydrogens (tertiary/aromatic N) is 2. The molecule has 0 spiro atoms. The average Bonchev–Trinajstić information content (AvgIpc) is 3.66. The second-order valence-electron chi connectivity index (χ2n) is 9.86. The van der Waals surface area contributed by atoms with Gasteiger partial charge in [0.2, 0.25) is 5.91 Å². The summed E-state index contributed by atoms with van der Waals surface area (Å²) in [5.74, 6) is -1.95. The second kappa shape index (κ2) is 13.0. The fourth-order valence-electron chi connectivity index (χ4n) is 4.91. The highest BCUT2D eigenvalue weighted by atomic mass is 32.1. The zero-order valence-electron chi connectivity index (χ0n) is 22.2. The molecular formula is C30H30FN5O3S2. The van der Waals surface area contributed by atoms with Crippen LogP contribution in [-0.4, -0.2) is 28.1 Å². The van der Waals surface area contributed by atoms with Gasteiger partial charge in [-0.15, -0.1) is 11.3 Å². The van der Waals surface area contributed by atoms with Crippen LogP contribution in [0.5, 0.6) is 0 Å². The largest absolute Gasteiger partial charge is 0.395 e. The summed E-state index contributed by atoms with van der Waals surface area (Å²) in [5.41, 5.74) is 7.50. The molecule has 0 radical (unpaired) electrons. The number of aromatic nitrogens is 1. The predicted octanol–water partition coefficient (Wildman–Crippen LogP) is 5.69. The van der Waals surface area contributed by atoms with Gasteiger partial charge < -0.3 is 16.4 Å². The minimum atomic E-state index is -1.09. The van der Waals surface area contributed by atoms with Crippen LogP contribution in [0.15, 0.2) is 72.1 Å². The molecule has 1 unspecified atom stereocenters. The molecule has 2 aromatic heterocycles. The lowest BCUT2D eigenvalue weighted by Gasteiger charge is -2.30. The number of carbonyl (C=O) groups is 3. The van der Waals surface area contributed by atoms with Crippen LogP contribution in [0, 0.1) is 5.82 Å². The molecule has 0 aliphatic heterocycles. The van der Waals surface area contributed by atoms with Gasteiger partial charge in [0, 0.05) is 23.2 Å². The smallest absolute Gasteiger partial charge is 0.273 e. The van der Waals surface area contributed by atoms with E-state index in [1.54, 1.807) is 12.1 Å². The summed E-state index contributed by atoms with van der Waals surface area (Å²) in [6.45, 7) is 0.251. The molecule has 0 bridgehead atoms. The van der Waals surface area contributed by atoms with Crippen LogP contribution >= 0.6 is 22.9 Å². The van der Waals surface area contributed by atoms with E-state index in [1.807, 2.05) is 35.7 Å². The van der Waals surface area contributed by atoms with E-state index >= 15 is 0 Å². The second-order valence-corrected chi connectivity index (χ2v) is 11.6. The van der Waals surface area contributed by atoms with Crippen molar-refractivity contribution < 1.29 is 18.8 Å². The number of hydrogen-bond acceptors (Lipinski definition) is 7. The van der Waals surface area contributed by atoms with Gasteiger partial charge in [-0.3, -0.25) is 19.3 Å². The summed E-state index contributed by atoms with van der Waals surface area (Å²) in [6, 6.07) is 17.3. The van der Waals surface area contributed by atoms with Crippen LogP contribution in [0.4, 0.5) is 15.8 Å². The normalized spacial score (nSPS) is 14.3. The SMILES string of the molecule is Nc1c(C(=O)NC2CCCCC2)nsc1C(=O)N(c1ccc(F)cc1)C(C(=O)NCc1ccccc1)c1cccs1. The van der Waals surface area contributed by atoms with E-state index in [4.69, 9.17) is 5.73 Å². The molecular weight excluding hydrogens is 561 g/mol. The third kappa shape index (κ3) is 6.63. The van der Waals surface area contributed by atoms with Crippen molar-refractivity contribution in [1.29, 1.82) is 0 Å². The van der Waals surface area contributed by atoms with E-state index in [0.717, 1.165) is 49.2 Å². The molecule has 41 heavy (non-hydrogen) atoms. The Morgan fingerprint density at radius 2 is 1.73 bits per heavy atom. The maximum absolute atomic E-state index is 14.2. The Hall–Kier alpha value is -4.09. The van der Waals surface area contributed by atoms with Gasteiger partial charge in [0.05, 0.1) is 5.69 Å². The van der Waals surface area contributed by atoms with E-state index in [2.05, 4.69) is 15.0 Å². The number of nitrogens with two attached hydrogens (primary N) is 1. The first-order chi connectivity index (χ1) is 19.9. The summed E-state index contributed by atoms with van der Waals surface area (Å²) in [4.78, 5) is 42.9. The molecule has 2 heterocycles. The lowest BCUT2D eigenvalue weighted by atomic mass is 9.95. The Bertz CT molecular complexity index is 1490. The van der Waals surface area contributed by atoms with E-state index in [-0.39, 0.29) is 28.8 Å². The molecule has 4 aromatic rings. The van der Waals surface area contributed by atoms with Gasteiger partial charge in [-0.25, -0.2) is 4.39 Å². The fourth-order valence-corrected chi connectivity index (χ4v) is 6.46. The quantitative estimate of drug-likeness (QED) is 0.231. The number of nitrogens with one attached hydrogen (secondary N) is 2. The van der Waals surface area contributed by atoms with Gasteiger partial charge in [0.1, 0.15) is 10.7 Å². The Balaban J connectivity index is 1.48. The average molecular weight is 592 g/mol. The molecule has 11 heteroatoms. The number of carbonyl (C=O) groups excluding carboxylic acids is 3. The van der Waals surface area contributed by atoms with E-state index in [1.165, 1.54) is 40.5 Å². The van der Waals surface area contributed by atoms with Crippen molar-refractivity contribution in [3.63, 3.8) is 0 Å². The third-order valence-electron chi connectivity index (χ3n) is 7.03. The zero-order valence-corrected chi connectivity index (χ0v) is 23.8. The number of nitrogen functional groups attached to an aromatic ring is 1. The molecule has 1 aliphatic rings. The molecule has 4 N–H and O–H groups in total. The molecule has 5 rings (SSSR count). The van der Waals surface area contributed by atoms with Crippen LogP contribution in [-0.2, 0) is 11.3 Å². The highest BCUT2D eigenvalue weighted by Crippen LogP contribution is 2.35. The van der Waals surface area contributed by atoms with Crippen LogP contribution < -0.4 is 21.3 Å². The number of benzene rings is 2. The van der Waals surface area contributed by atoms with Crippen LogP contribution in [0.3, 0.4) is 0 Å². The molecule has 1 fully saturated rings. The van der Waals surface area contributed by atoms with Gasteiger partial charge in [0.15, 0.2) is 11.7 Å². The molecule has 1 saturated carbocycles. The van der Waals surface area contributed by atoms with Gasteiger partial charge in [0.25, 0.3) is 11.8 Å². The number of amides is 3. The number of rotatable bonds is 9. The summed E-state index contributed by atoms with van der Waals surface area (Å²) in [5, 5.41) is 7.73.